The smallest absolute Gasteiger partial charge is 0.244 e. The molecule has 0 aliphatic rings. The Labute approximate surface area is 74.8 Å². The molecule has 0 bridgehead atoms. The number of primary amides is 1. The average molecular weight is 169 g/mol. The van der Waals surface area contributed by atoms with Gasteiger partial charge in [-0.3, -0.25) is 4.79 Å². The first kappa shape index (κ1) is 11.2. The predicted octanol–water partition coefficient (Wildman–Crippen LogP) is 2.24. The lowest BCUT2D eigenvalue weighted by atomic mass is 9.90. The van der Waals surface area contributed by atoms with Crippen molar-refractivity contribution < 1.29 is 4.79 Å². The normalized spacial score (nSPS) is 13.2. The minimum absolute atomic E-state index is 0.316. The maximum atomic E-state index is 10.6. The van der Waals surface area contributed by atoms with Crippen LogP contribution in [0.1, 0.15) is 40.5 Å². The highest BCUT2D eigenvalue weighted by molar-refractivity contribution is 5.91. The van der Waals surface area contributed by atoms with Gasteiger partial charge in [-0.25, -0.2) is 0 Å². The molecule has 0 spiro atoms. The van der Waals surface area contributed by atoms with Crippen molar-refractivity contribution >= 4 is 5.91 Å². The zero-order valence-electron chi connectivity index (χ0n) is 8.48. The molecule has 0 fully saturated rings. The lowest BCUT2D eigenvalue weighted by molar-refractivity contribution is -0.114. The Morgan fingerprint density at radius 3 is 2.25 bits per heavy atom. The number of hydrogen-bond donors (Lipinski definition) is 1. The molecular weight excluding hydrogens is 150 g/mol. The van der Waals surface area contributed by atoms with Crippen molar-refractivity contribution in [1.29, 1.82) is 0 Å². The van der Waals surface area contributed by atoms with E-state index in [1.807, 2.05) is 6.08 Å². The summed E-state index contributed by atoms with van der Waals surface area (Å²) in [5.74, 6) is -0.316. The fourth-order valence-electron chi connectivity index (χ4n) is 0.822. The Morgan fingerprint density at radius 1 is 1.42 bits per heavy atom. The van der Waals surface area contributed by atoms with Gasteiger partial charge in [-0.1, -0.05) is 26.8 Å². The van der Waals surface area contributed by atoms with Crippen LogP contribution < -0.4 is 5.73 Å². The SMILES string of the molecule is C/C(=C\CCC(C)(C)C)C(N)=O. The first-order chi connectivity index (χ1) is 5.33. The maximum Gasteiger partial charge on any atom is 0.244 e. The number of carbonyl (C=O) groups is 1. The number of nitrogens with two attached hydrogens (primary N) is 1. The first-order valence-corrected chi connectivity index (χ1v) is 4.29. The summed E-state index contributed by atoms with van der Waals surface area (Å²) in [4.78, 5) is 10.6. The van der Waals surface area contributed by atoms with E-state index in [1.54, 1.807) is 6.92 Å². The number of carbonyl (C=O) groups excluding carboxylic acids is 1. The third kappa shape index (κ3) is 5.96. The van der Waals surface area contributed by atoms with E-state index in [-0.39, 0.29) is 5.91 Å². The van der Waals surface area contributed by atoms with Gasteiger partial charge in [-0.05, 0) is 25.2 Å². The van der Waals surface area contributed by atoms with Crippen molar-refractivity contribution in [3.05, 3.63) is 11.6 Å². The predicted molar refractivity (Wildman–Crippen MR) is 51.6 cm³/mol. The largest absolute Gasteiger partial charge is 0.366 e. The molecule has 0 saturated carbocycles. The van der Waals surface area contributed by atoms with Gasteiger partial charge in [0.2, 0.25) is 5.91 Å². The lowest BCUT2D eigenvalue weighted by Crippen LogP contribution is -2.12. The van der Waals surface area contributed by atoms with Crippen LogP contribution in [-0.2, 0) is 4.79 Å². The average Bonchev–Trinajstić information content (AvgIpc) is 1.84. The van der Waals surface area contributed by atoms with E-state index in [2.05, 4.69) is 20.8 Å². The van der Waals surface area contributed by atoms with E-state index < -0.39 is 0 Å². The zero-order valence-corrected chi connectivity index (χ0v) is 8.48. The van der Waals surface area contributed by atoms with Crippen LogP contribution in [0.25, 0.3) is 0 Å². The Balaban J connectivity index is 3.83. The molecule has 1 amide bonds. The summed E-state index contributed by atoms with van der Waals surface area (Å²) < 4.78 is 0. The topological polar surface area (TPSA) is 43.1 Å². The highest BCUT2D eigenvalue weighted by Gasteiger charge is 2.08. The van der Waals surface area contributed by atoms with Gasteiger partial charge < -0.3 is 5.73 Å². The molecule has 0 aliphatic heterocycles. The van der Waals surface area contributed by atoms with Crippen LogP contribution in [0, 0.1) is 5.41 Å². The number of allylic oxidation sites excluding steroid dienone is 1. The minimum Gasteiger partial charge on any atom is -0.366 e. The molecule has 0 aliphatic carbocycles. The van der Waals surface area contributed by atoms with E-state index >= 15 is 0 Å². The Kier molecular flexibility index (Phi) is 4.01. The van der Waals surface area contributed by atoms with Gasteiger partial charge in [0.15, 0.2) is 0 Å². The van der Waals surface area contributed by atoms with Crippen molar-refractivity contribution in [3.63, 3.8) is 0 Å². The summed E-state index contributed by atoms with van der Waals surface area (Å²) in [5, 5.41) is 0. The van der Waals surface area contributed by atoms with Crippen molar-refractivity contribution in [3.8, 4) is 0 Å². The molecule has 2 nitrogen and oxygen atoms in total. The maximum absolute atomic E-state index is 10.6. The third-order valence-electron chi connectivity index (χ3n) is 1.73. The van der Waals surface area contributed by atoms with Crippen LogP contribution in [0.5, 0.6) is 0 Å². The monoisotopic (exact) mass is 169 g/mol. The van der Waals surface area contributed by atoms with Gasteiger partial charge in [0.25, 0.3) is 0 Å². The van der Waals surface area contributed by atoms with Gasteiger partial charge in [-0.2, -0.15) is 0 Å². The second-order valence-corrected chi connectivity index (χ2v) is 4.35. The van der Waals surface area contributed by atoms with Crippen molar-refractivity contribution in [2.45, 2.75) is 40.5 Å². The summed E-state index contributed by atoms with van der Waals surface area (Å²) in [6.07, 6.45) is 3.92. The summed E-state index contributed by atoms with van der Waals surface area (Å²) >= 11 is 0. The second kappa shape index (κ2) is 4.29. The van der Waals surface area contributed by atoms with Crippen LogP contribution in [0.15, 0.2) is 11.6 Å². The van der Waals surface area contributed by atoms with Crippen molar-refractivity contribution in [1.82, 2.24) is 0 Å². The Morgan fingerprint density at radius 2 is 1.92 bits per heavy atom. The molecule has 0 saturated heterocycles. The van der Waals surface area contributed by atoms with Crippen LogP contribution in [0.3, 0.4) is 0 Å². The first-order valence-electron chi connectivity index (χ1n) is 4.29. The number of amides is 1. The standard InChI is InChI=1S/C10H19NO/c1-8(9(11)12)6-5-7-10(2,3)4/h6H,5,7H2,1-4H3,(H2,11,12)/b8-6+. The van der Waals surface area contributed by atoms with Crippen LogP contribution in [0.2, 0.25) is 0 Å². The summed E-state index contributed by atoms with van der Waals surface area (Å²) in [7, 11) is 0. The molecule has 12 heavy (non-hydrogen) atoms. The molecule has 2 heteroatoms. The summed E-state index contributed by atoms with van der Waals surface area (Å²) in [6, 6.07) is 0. The van der Waals surface area contributed by atoms with E-state index in [9.17, 15) is 4.79 Å². The molecule has 2 N–H and O–H groups in total. The molecule has 0 aromatic heterocycles. The molecular formula is C10H19NO. The molecule has 70 valence electrons. The van der Waals surface area contributed by atoms with Crippen molar-refractivity contribution in [2.75, 3.05) is 0 Å². The van der Waals surface area contributed by atoms with Crippen molar-refractivity contribution in [2.24, 2.45) is 11.1 Å². The zero-order chi connectivity index (χ0) is 9.78. The summed E-state index contributed by atoms with van der Waals surface area (Å²) in [6.45, 7) is 8.30. The molecule has 0 aromatic carbocycles. The van der Waals surface area contributed by atoms with Gasteiger partial charge >= 0.3 is 0 Å². The van der Waals surface area contributed by atoms with Crippen LogP contribution >= 0.6 is 0 Å². The Hall–Kier alpha value is -0.790. The number of hydrogen-bond acceptors (Lipinski definition) is 1. The number of rotatable bonds is 3. The lowest BCUT2D eigenvalue weighted by Gasteiger charge is -2.16. The highest BCUT2D eigenvalue weighted by Crippen LogP contribution is 2.20. The minimum atomic E-state index is -0.316. The Bertz CT molecular complexity index is 187. The van der Waals surface area contributed by atoms with E-state index in [4.69, 9.17) is 5.73 Å². The third-order valence-corrected chi connectivity index (χ3v) is 1.73. The van der Waals surface area contributed by atoms with E-state index in [0.29, 0.717) is 11.0 Å². The van der Waals surface area contributed by atoms with E-state index in [1.165, 1.54) is 0 Å². The molecule has 0 rings (SSSR count). The van der Waals surface area contributed by atoms with Gasteiger partial charge in [0, 0.05) is 5.57 Å². The molecule has 0 unspecified atom stereocenters. The van der Waals surface area contributed by atoms with E-state index in [0.717, 1.165) is 12.8 Å². The van der Waals surface area contributed by atoms with Gasteiger partial charge in [0.05, 0.1) is 0 Å². The highest BCUT2D eigenvalue weighted by atomic mass is 16.1. The molecule has 0 heterocycles. The summed E-state index contributed by atoms with van der Waals surface area (Å²) in [5.41, 5.74) is 6.07. The molecule has 0 atom stereocenters. The van der Waals surface area contributed by atoms with Gasteiger partial charge in [-0.15, -0.1) is 0 Å². The van der Waals surface area contributed by atoms with Gasteiger partial charge in [0.1, 0.15) is 0 Å². The molecule has 0 aromatic rings. The fourth-order valence-corrected chi connectivity index (χ4v) is 0.822. The van der Waals surface area contributed by atoms with Crippen LogP contribution in [0.4, 0.5) is 0 Å². The second-order valence-electron chi connectivity index (χ2n) is 4.35. The quantitative estimate of drug-likeness (QED) is 0.647. The molecule has 0 radical (unpaired) electrons. The van der Waals surface area contributed by atoms with Crippen LogP contribution in [-0.4, -0.2) is 5.91 Å². The fraction of sp³-hybridized carbons (Fsp3) is 0.700.